The summed E-state index contributed by atoms with van der Waals surface area (Å²) < 4.78 is 36.4. The molecule has 0 saturated heterocycles. The summed E-state index contributed by atoms with van der Waals surface area (Å²) in [5.41, 5.74) is 1.94. The van der Waals surface area contributed by atoms with E-state index in [4.69, 9.17) is 9.47 Å². The molecule has 26 heavy (non-hydrogen) atoms. The minimum absolute atomic E-state index is 0.0833. The molecule has 1 aromatic heterocycles. The van der Waals surface area contributed by atoms with E-state index in [0.29, 0.717) is 30.3 Å². The Balaban J connectivity index is 1.88. The van der Waals surface area contributed by atoms with Crippen LogP contribution in [0.2, 0.25) is 0 Å². The quantitative estimate of drug-likeness (QED) is 0.660. The zero-order valence-corrected chi connectivity index (χ0v) is 16.1. The van der Waals surface area contributed by atoms with Gasteiger partial charge >= 0.3 is 0 Å². The van der Waals surface area contributed by atoms with E-state index in [2.05, 4.69) is 15.0 Å². The van der Waals surface area contributed by atoms with Gasteiger partial charge in [0.25, 0.3) is 0 Å². The molecule has 0 saturated carbocycles. The molecule has 0 bridgehead atoms. The van der Waals surface area contributed by atoms with Gasteiger partial charge in [0.2, 0.25) is 10.0 Å². The first-order valence-electron chi connectivity index (χ1n) is 8.38. The number of anilines is 2. The molecule has 0 aliphatic carbocycles. The summed E-state index contributed by atoms with van der Waals surface area (Å²) in [6.07, 6.45) is 2.97. The average Bonchev–Trinajstić information content (AvgIpc) is 2.62. The van der Waals surface area contributed by atoms with Crippen LogP contribution in [0.1, 0.15) is 18.9 Å². The van der Waals surface area contributed by atoms with Crippen molar-refractivity contribution < 1.29 is 17.9 Å². The van der Waals surface area contributed by atoms with Gasteiger partial charge in [-0.05, 0) is 42.7 Å². The molecule has 0 spiro atoms. The van der Waals surface area contributed by atoms with E-state index in [9.17, 15) is 8.42 Å². The van der Waals surface area contributed by atoms with Crippen LogP contribution in [0.25, 0.3) is 0 Å². The largest absolute Gasteiger partial charge is 0.493 e. The first-order chi connectivity index (χ1) is 12.5. The van der Waals surface area contributed by atoms with Crippen molar-refractivity contribution in [1.29, 1.82) is 0 Å². The predicted molar refractivity (Wildman–Crippen MR) is 104 cm³/mol. The lowest BCUT2D eigenvalue weighted by Crippen LogP contribution is -2.17. The highest BCUT2D eigenvalue weighted by molar-refractivity contribution is 7.92. The molecular weight excluding hydrogens is 354 g/mol. The Morgan fingerprint density at radius 2 is 1.85 bits per heavy atom. The van der Waals surface area contributed by atoms with Crippen LogP contribution in [0, 0.1) is 0 Å². The highest BCUT2D eigenvalue weighted by atomic mass is 32.2. The number of nitrogens with zero attached hydrogens (tertiary/aromatic N) is 1. The van der Waals surface area contributed by atoms with E-state index in [1.807, 2.05) is 25.1 Å². The Bertz CT molecular complexity index is 808. The van der Waals surface area contributed by atoms with Gasteiger partial charge in [-0.2, -0.15) is 0 Å². The summed E-state index contributed by atoms with van der Waals surface area (Å²) in [5, 5.41) is 3.26. The Labute approximate surface area is 154 Å². The summed E-state index contributed by atoms with van der Waals surface area (Å²) in [4.78, 5) is 4.13. The van der Waals surface area contributed by atoms with Gasteiger partial charge in [0.15, 0.2) is 11.5 Å². The molecule has 0 atom stereocenters. The van der Waals surface area contributed by atoms with Crippen molar-refractivity contribution >= 4 is 21.5 Å². The summed E-state index contributed by atoms with van der Waals surface area (Å²) >= 11 is 0. The van der Waals surface area contributed by atoms with Crippen molar-refractivity contribution in [2.45, 2.75) is 19.8 Å². The van der Waals surface area contributed by atoms with Crippen LogP contribution >= 0.6 is 0 Å². The maximum Gasteiger partial charge on any atom is 0.233 e. The van der Waals surface area contributed by atoms with Crippen LogP contribution in [0.5, 0.6) is 11.5 Å². The molecule has 142 valence electrons. The van der Waals surface area contributed by atoms with E-state index in [0.717, 1.165) is 17.7 Å². The first kappa shape index (κ1) is 19.8. The minimum Gasteiger partial charge on any atom is -0.493 e. The molecule has 2 N–H and O–H groups in total. The topological polar surface area (TPSA) is 89.6 Å². The molecule has 0 aliphatic heterocycles. The van der Waals surface area contributed by atoms with Crippen LogP contribution < -0.4 is 19.5 Å². The maximum atomic E-state index is 11.7. The third kappa shape index (κ3) is 5.80. The van der Waals surface area contributed by atoms with Crippen LogP contribution in [0.4, 0.5) is 11.5 Å². The van der Waals surface area contributed by atoms with E-state index in [1.165, 1.54) is 0 Å². The van der Waals surface area contributed by atoms with Gasteiger partial charge in [-0.15, -0.1) is 0 Å². The summed E-state index contributed by atoms with van der Waals surface area (Å²) in [6, 6.07) is 9.27. The Morgan fingerprint density at radius 1 is 1.08 bits per heavy atom. The van der Waals surface area contributed by atoms with E-state index in [-0.39, 0.29) is 5.75 Å². The molecule has 1 aromatic carbocycles. The standard InChI is InChI=1S/C18H25N3O4S/c1-4-11-26(22,23)21-18-8-6-15(13-20-18)19-10-9-14-5-7-16(24-2)17(12-14)25-3/h5-8,12-13,19H,4,9-11H2,1-3H3,(H,20,21). The van der Waals surface area contributed by atoms with Crippen LogP contribution in [-0.2, 0) is 16.4 Å². The van der Waals surface area contributed by atoms with E-state index >= 15 is 0 Å². The molecule has 8 heteroatoms. The molecule has 2 aromatic rings. The zero-order chi connectivity index (χ0) is 19.0. The number of benzene rings is 1. The fraction of sp³-hybridized carbons (Fsp3) is 0.389. The number of methoxy groups -OCH3 is 2. The molecule has 1 heterocycles. The smallest absolute Gasteiger partial charge is 0.233 e. The molecule has 0 radical (unpaired) electrons. The Kier molecular flexibility index (Phi) is 7.08. The first-order valence-corrected chi connectivity index (χ1v) is 10.0. The predicted octanol–water partition coefficient (Wildman–Crippen LogP) is 2.91. The molecule has 0 unspecified atom stereocenters. The van der Waals surface area contributed by atoms with Crippen molar-refractivity contribution in [3.05, 3.63) is 42.1 Å². The van der Waals surface area contributed by atoms with Gasteiger partial charge in [0, 0.05) is 6.54 Å². The molecule has 2 rings (SSSR count). The van der Waals surface area contributed by atoms with Crippen LogP contribution in [0.3, 0.4) is 0 Å². The SMILES string of the molecule is CCCS(=O)(=O)Nc1ccc(NCCc2ccc(OC)c(OC)c2)cn1. The van der Waals surface area contributed by atoms with E-state index in [1.54, 1.807) is 32.5 Å². The van der Waals surface area contributed by atoms with Gasteiger partial charge in [-0.1, -0.05) is 13.0 Å². The third-order valence-corrected chi connectivity index (χ3v) is 5.15. The van der Waals surface area contributed by atoms with Crippen molar-refractivity contribution in [3.63, 3.8) is 0 Å². The minimum atomic E-state index is -3.32. The van der Waals surface area contributed by atoms with Crippen LogP contribution in [0.15, 0.2) is 36.5 Å². The number of hydrogen-bond acceptors (Lipinski definition) is 6. The molecule has 7 nitrogen and oxygen atoms in total. The fourth-order valence-corrected chi connectivity index (χ4v) is 3.50. The highest BCUT2D eigenvalue weighted by Crippen LogP contribution is 2.27. The van der Waals surface area contributed by atoms with Crippen molar-refractivity contribution in [2.24, 2.45) is 0 Å². The van der Waals surface area contributed by atoms with Gasteiger partial charge in [-0.3, -0.25) is 4.72 Å². The Morgan fingerprint density at radius 3 is 2.46 bits per heavy atom. The Hall–Kier alpha value is -2.48. The van der Waals surface area contributed by atoms with Gasteiger partial charge in [-0.25, -0.2) is 13.4 Å². The van der Waals surface area contributed by atoms with Gasteiger partial charge in [0.1, 0.15) is 5.82 Å². The number of sulfonamides is 1. The number of nitrogens with one attached hydrogen (secondary N) is 2. The summed E-state index contributed by atoms with van der Waals surface area (Å²) in [5.74, 6) is 1.81. The average molecular weight is 379 g/mol. The second-order valence-electron chi connectivity index (χ2n) is 5.72. The lowest BCUT2D eigenvalue weighted by molar-refractivity contribution is 0.354. The van der Waals surface area contributed by atoms with Gasteiger partial charge < -0.3 is 14.8 Å². The number of hydrogen-bond donors (Lipinski definition) is 2. The second-order valence-corrected chi connectivity index (χ2v) is 7.56. The summed E-state index contributed by atoms with van der Waals surface area (Å²) in [7, 11) is -0.0958. The van der Waals surface area contributed by atoms with E-state index < -0.39 is 10.0 Å². The molecule has 0 amide bonds. The molecule has 0 aliphatic rings. The lowest BCUT2D eigenvalue weighted by Gasteiger charge is -2.11. The zero-order valence-electron chi connectivity index (χ0n) is 15.3. The summed E-state index contributed by atoms with van der Waals surface area (Å²) in [6.45, 7) is 2.52. The number of ether oxygens (including phenoxy) is 2. The highest BCUT2D eigenvalue weighted by Gasteiger charge is 2.09. The lowest BCUT2D eigenvalue weighted by atomic mass is 10.1. The number of rotatable bonds is 10. The monoisotopic (exact) mass is 379 g/mol. The van der Waals surface area contributed by atoms with Crippen molar-refractivity contribution in [2.75, 3.05) is 36.6 Å². The second kappa shape index (κ2) is 9.28. The van der Waals surface area contributed by atoms with Crippen LogP contribution in [-0.4, -0.2) is 39.9 Å². The van der Waals surface area contributed by atoms with Gasteiger partial charge in [0.05, 0.1) is 31.9 Å². The normalized spacial score (nSPS) is 11.0. The fourth-order valence-electron chi connectivity index (χ4n) is 2.43. The number of pyridine rings is 1. The number of aromatic nitrogens is 1. The molecular formula is C18H25N3O4S. The van der Waals surface area contributed by atoms with Crippen molar-refractivity contribution in [1.82, 2.24) is 4.98 Å². The molecule has 0 fully saturated rings. The third-order valence-electron chi connectivity index (χ3n) is 3.69. The van der Waals surface area contributed by atoms with Crippen molar-refractivity contribution in [3.8, 4) is 11.5 Å². The maximum absolute atomic E-state index is 11.7.